The lowest BCUT2D eigenvalue weighted by Gasteiger charge is -2.55. The van der Waals surface area contributed by atoms with Crippen LogP contribution in [0.3, 0.4) is 0 Å². The molecular formula is C30H32F2O2. The Balaban J connectivity index is 1.50. The fraction of sp³-hybridized carbons (Fsp3) is 0.567. The molecule has 1 N–H and O–H groups in total. The molecule has 0 radical (unpaired) electrons. The van der Waals surface area contributed by atoms with Gasteiger partial charge in [0.2, 0.25) is 0 Å². The van der Waals surface area contributed by atoms with Gasteiger partial charge in [-0.3, -0.25) is 4.79 Å². The lowest BCUT2D eigenvalue weighted by atomic mass is 9.50. The van der Waals surface area contributed by atoms with Gasteiger partial charge in [0.05, 0.1) is 0 Å². The molecule has 1 aromatic rings. The van der Waals surface area contributed by atoms with Gasteiger partial charge in [-0.1, -0.05) is 36.8 Å². The number of aliphatic hydroxyl groups is 1. The quantitative estimate of drug-likeness (QED) is 0.523. The van der Waals surface area contributed by atoms with Crippen LogP contribution in [-0.4, -0.2) is 22.4 Å². The standard InChI is InChI=1S/C30H32F2O2/c1-3-30(31,32)29(34)15-14-26-24-12-10-21-16-22(33)11-13-23(21)27(24)25(17-28(26,29)2)20-8-6-19(7-9-20)18-4-5-18/h1,6-9,16,18,24-26,34H,4-5,10-15,17H2,2H3/t24?,25?,26?,28?,29-/m0/s1. The monoisotopic (exact) mass is 462 g/mol. The first-order chi connectivity index (χ1) is 16.2. The Morgan fingerprint density at radius 2 is 1.76 bits per heavy atom. The van der Waals surface area contributed by atoms with Crippen LogP contribution < -0.4 is 0 Å². The number of halogens is 2. The van der Waals surface area contributed by atoms with Crippen molar-refractivity contribution in [3.63, 3.8) is 0 Å². The van der Waals surface area contributed by atoms with Crippen LogP contribution in [0.25, 0.3) is 0 Å². The molecule has 34 heavy (non-hydrogen) atoms. The maximum atomic E-state index is 15.1. The van der Waals surface area contributed by atoms with Gasteiger partial charge in [-0.25, -0.2) is 0 Å². The van der Waals surface area contributed by atoms with E-state index in [0.29, 0.717) is 25.2 Å². The molecular weight excluding hydrogens is 430 g/mol. The maximum absolute atomic E-state index is 15.1. The highest BCUT2D eigenvalue weighted by Gasteiger charge is 2.71. The Morgan fingerprint density at radius 3 is 2.44 bits per heavy atom. The third-order valence-corrected chi connectivity index (χ3v) is 9.97. The molecule has 0 spiro atoms. The molecule has 0 bridgehead atoms. The van der Waals surface area contributed by atoms with Gasteiger partial charge in [-0.05, 0) is 103 Å². The van der Waals surface area contributed by atoms with E-state index < -0.39 is 16.9 Å². The van der Waals surface area contributed by atoms with Gasteiger partial charge in [0.1, 0.15) is 5.60 Å². The summed E-state index contributed by atoms with van der Waals surface area (Å²) in [5, 5.41) is 11.6. The van der Waals surface area contributed by atoms with Gasteiger partial charge in [0.15, 0.2) is 5.78 Å². The number of fused-ring (bicyclic) bond motifs is 4. The first kappa shape index (κ1) is 22.2. The predicted octanol–water partition coefficient (Wildman–Crippen LogP) is 6.46. The summed E-state index contributed by atoms with van der Waals surface area (Å²) >= 11 is 0. The molecule has 3 fully saturated rings. The van der Waals surface area contributed by atoms with Crippen molar-refractivity contribution in [1.29, 1.82) is 0 Å². The molecule has 4 unspecified atom stereocenters. The Labute approximate surface area is 200 Å². The van der Waals surface area contributed by atoms with Crippen molar-refractivity contribution in [2.45, 2.75) is 88.1 Å². The van der Waals surface area contributed by atoms with Crippen LogP contribution in [0.4, 0.5) is 8.78 Å². The van der Waals surface area contributed by atoms with E-state index in [4.69, 9.17) is 6.42 Å². The van der Waals surface area contributed by atoms with Gasteiger partial charge in [-0.15, -0.1) is 6.42 Å². The molecule has 4 heteroatoms. The van der Waals surface area contributed by atoms with Gasteiger partial charge in [-0.2, -0.15) is 8.78 Å². The third kappa shape index (κ3) is 2.99. The van der Waals surface area contributed by atoms with Gasteiger partial charge >= 0.3 is 5.92 Å². The number of carbonyl (C=O) groups excluding carboxylic acids is 1. The van der Waals surface area contributed by atoms with E-state index in [1.807, 2.05) is 13.0 Å². The zero-order chi connectivity index (χ0) is 23.9. The minimum absolute atomic E-state index is 0.0268. The maximum Gasteiger partial charge on any atom is 0.336 e. The number of hydrogen-bond acceptors (Lipinski definition) is 2. The van der Waals surface area contributed by atoms with Crippen molar-refractivity contribution in [1.82, 2.24) is 0 Å². The molecule has 3 saturated carbocycles. The number of benzene rings is 1. The zero-order valence-electron chi connectivity index (χ0n) is 19.7. The molecule has 0 aliphatic heterocycles. The molecule has 6 rings (SSSR count). The SMILES string of the molecule is C#CC(F)(F)[C@]1(O)CCC2C3CCC4=CC(=O)CCC4=C3C(c3ccc(C4CC4)cc3)CC21C. The van der Waals surface area contributed by atoms with E-state index in [1.165, 1.54) is 29.6 Å². The molecule has 5 atom stereocenters. The Kier molecular flexibility index (Phi) is 4.82. The number of carbonyl (C=O) groups is 1. The van der Waals surface area contributed by atoms with Crippen molar-refractivity contribution in [2.75, 3.05) is 0 Å². The second-order valence-corrected chi connectivity index (χ2v) is 11.6. The van der Waals surface area contributed by atoms with Crippen molar-refractivity contribution in [3.05, 3.63) is 58.2 Å². The van der Waals surface area contributed by atoms with E-state index in [9.17, 15) is 9.90 Å². The lowest BCUT2D eigenvalue weighted by Crippen LogP contribution is -2.60. The Hall–Kier alpha value is -2.25. The largest absolute Gasteiger partial charge is 0.382 e. The highest BCUT2D eigenvalue weighted by Crippen LogP contribution is 2.69. The minimum Gasteiger partial charge on any atom is -0.382 e. The molecule has 0 amide bonds. The number of terminal acetylenes is 1. The average Bonchev–Trinajstić information content (AvgIpc) is 3.64. The normalized spacial score (nSPS) is 37.4. The smallest absolute Gasteiger partial charge is 0.336 e. The number of allylic oxidation sites excluding steroid dienone is 4. The summed E-state index contributed by atoms with van der Waals surface area (Å²) in [7, 11) is 0. The fourth-order valence-electron chi connectivity index (χ4n) is 8.02. The van der Waals surface area contributed by atoms with Crippen LogP contribution in [0.5, 0.6) is 0 Å². The second kappa shape index (κ2) is 7.37. The number of ketones is 1. The average molecular weight is 463 g/mol. The van der Waals surface area contributed by atoms with E-state index in [-0.39, 0.29) is 30.0 Å². The molecule has 1 aromatic carbocycles. The van der Waals surface area contributed by atoms with Gasteiger partial charge in [0.25, 0.3) is 0 Å². The summed E-state index contributed by atoms with van der Waals surface area (Å²) in [5.41, 5.74) is 3.07. The number of alkyl halides is 2. The van der Waals surface area contributed by atoms with Crippen LogP contribution >= 0.6 is 0 Å². The summed E-state index contributed by atoms with van der Waals surface area (Å²) in [6.07, 6.45) is 13.5. The van der Waals surface area contributed by atoms with Crippen molar-refractivity contribution in [2.24, 2.45) is 17.3 Å². The first-order valence-electron chi connectivity index (χ1n) is 12.8. The van der Waals surface area contributed by atoms with Crippen molar-refractivity contribution in [3.8, 4) is 12.3 Å². The summed E-state index contributed by atoms with van der Waals surface area (Å²) in [5.74, 6) is -1.05. The summed E-state index contributed by atoms with van der Waals surface area (Å²) in [4.78, 5) is 12.2. The third-order valence-electron chi connectivity index (χ3n) is 9.97. The highest BCUT2D eigenvalue weighted by molar-refractivity contribution is 5.93. The number of rotatable bonds is 3. The predicted molar refractivity (Wildman–Crippen MR) is 127 cm³/mol. The molecule has 5 aliphatic rings. The first-order valence-corrected chi connectivity index (χ1v) is 12.8. The minimum atomic E-state index is -3.57. The van der Waals surface area contributed by atoms with Crippen molar-refractivity contribution < 1.29 is 18.7 Å². The second-order valence-electron chi connectivity index (χ2n) is 11.6. The van der Waals surface area contributed by atoms with E-state index in [2.05, 4.69) is 24.3 Å². The van der Waals surface area contributed by atoms with Gasteiger partial charge in [0, 0.05) is 17.8 Å². The summed E-state index contributed by atoms with van der Waals surface area (Å²) in [6.45, 7) is 1.86. The molecule has 0 saturated heterocycles. The molecule has 5 aliphatic carbocycles. The summed E-state index contributed by atoms with van der Waals surface area (Å²) < 4.78 is 30.3. The molecule has 0 heterocycles. The van der Waals surface area contributed by atoms with Crippen LogP contribution in [0.2, 0.25) is 0 Å². The lowest BCUT2D eigenvalue weighted by molar-refractivity contribution is -0.209. The number of hydrogen-bond donors (Lipinski definition) is 1. The molecule has 2 nitrogen and oxygen atoms in total. The Bertz CT molecular complexity index is 1150. The zero-order valence-corrected chi connectivity index (χ0v) is 19.7. The van der Waals surface area contributed by atoms with Crippen LogP contribution in [-0.2, 0) is 4.79 Å². The highest BCUT2D eigenvalue weighted by atomic mass is 19.3. The van der Waals surface area contributed by atoms with E-state index >= 15 is 8.78 Å². The van der Waals surface area contributed by atoms with E-state index in [1.54, 1.807) is 5.92 Å². The van der Waals surface area contributed by atoms with Crippen molar-refractivity contribution >= 4 is 5.78 Å². The molecule has 0 aromatic heterocycles. The fourth-order valence-corrected chi connectivity index (χ4v) is 8.02. The molecule has 178 valence electrons. The van der Waals surface area contributed by atoms with Crippen LogP contribution in [0.1, 0.15) is 87.7 Å². The van der Waals surface area contributed by atoms with Crippen LogP contribution in [0.15, 0.2) is 47.1 Å². The Morgan fingerprint density at radius 1 is 1.06 bits per heavy atom. The van der Waals surface area contributed by atoms with Gasteiger partial charge < -0.3 is 5.11 Å². The summed E-state index contributed by atoms with van der Waals surface area (Å²) in [6, 6.07) is 8.74. The van der Waals surface area contributed by atoms with E-state index in [0.717, 1.165) is 30.4 Å². The topological polar surface area (TPSA) is 37.3 Å². The van der Waals surface area contributed by atoms with Crippen LogP contribution in [0, 0.1) is 29.6 Å².